The minimum Gasteiger partial charge on any atom is -0.412 e. The molecule has 0 spiro atoms. The fourth-order valence-corrected chi connectivity index (χ4v) is 10.9. The smallest absolute Gasteiger partial charge is 0.412 e. The Kier molecular flexibility index (Phi) is 108. The standard InChI is InChI=1S/4C17H35NS2.Mo.OS/c4*1-2-3-4-5-6-7-8-9-10-11-12-13-14-15-16-18-17(19)20;;1-2/h4*2-16H2,1H3,(H2,18,19,20);;/q;;;;+4;/p-4. The van der Waals surface area contributed by atoms with Crippen molar-refractivity contribution in [3.63, 3.8) is 0 Å². The van der Waals surface area contributed by atoms with E-state index in [-0.39, 0.29) is 21.1 Å². The fourth-order valence-electron chi connectivity index (χ4n) is 10.0. The van der Waals surface area contributed by atoms with Gasteiger partial charge in [-0.3, -0.25) is 0 Å². The van der Waals surface area contributed by atoms with Crippen LogP contribution in [0.3, 0.4) is 0 Å². The van der Waals surface area contributed by atoms with Crippen molar-refractivity contribution in [2.24, 2.45) is 0 Å². The Labute approximate surface area is 583 Å². The van der Waals surface area contributed by atoms with Crippen LogP contribution in [0.2, 0.25) is 0 Å². The fraction of sp³-hybridized carbons (Fsp3) is 0.941. The van der Waals surface area contributed by atoms with Crippen molar-refractivity contribution >= 4 is 129 Å². The zero-order valence-electron chi connectivity index (χ0n) is 54.9. The van der Waals surface area contributed by atoms with Gasteiger partial charge in [-0.2, -0.15) is 4.21 Å². The maximum atomic E-state index is 7.83. The number of hydrogen-bond acceptors (Lipinski definition) is 10. The molecule has 0 aliphatic rings. The van der Waals surface area contributed by atoms with Crippen molar-refractivity contribution < 1.29 is 25.3 Å². The summed E-state index contributed by atoms with van der Waals surface area (Å²) in [5.74, 6) is 0. The maximum Gasteiger partial charge on any atom is 4.00 e. The van der Waals surface area contributed by atoms with E-state index in [2.05, 4.69) is 61.5 Å². The molecule has 15 heteroatoms. The van der Waals surface area contributed by atoms with Crippen LogP contribution in [-0.2, 0) is 84.1 Å². The topological polar surface area (TPSA) is 65.2 Å². The molecule has 0 aromatic heterocycles. The van der Waals surface area contributed by atoms with E-state index < -0.39 is 0 Å². The summed E-state index contributed by atoms with van der Waals surface area (Å²) in [6, 6.07) is 0. The molecule has 0 aromatic rings. The molecular weight excluding hydrogens is 1270 g/mol. The van der Waals surface area contributed by atoms with Gasteiger partial charge in [0.25, 0.3) is 0 Å². The Hall–Kier alpha value is 1.15. The van der Waals surface area contributed by atoms with Crippen LogP contribution in [0, 0.1) is 0 Å². The van der Waals surface area contributed by atoms with Crippen LogP contribution >= 0.6 is 48.9 Å². The predicted molar refractivity (Wildman–Crippen MR) is 401 cm³/mol. The number of nitrogens with one attached hydrogen (secondary N) is 4. The van der Waals surface area contributed by atoms with E-state index in [0.717, 1.165) is 26.2 Å². The van der Waals surface area contributed by atoms with Gasteiger partial charge in [0.15, 0.2) is 12.5 Å². The quantitative estimate of drug-likeness (QED) is 0.0202. The van der Waals surface area contributed by atoms with Crippen LogP contribution in [0.4, 0.5) is 0 Å². The molecule has 0 aliphatic heterocycles. The number of hydrogen-bond donors (Lipinski definition) is 4. The van der Waals surface area contributed by atoms with Crippen LogP contribution in [0.1, 0.15) is 387 Å². The van der Waals surface area contributed by atoms with E-state index in [1.54, 1.807) is 0 Å². The molecule has 0 aromatic carbocycles. The van der Waals surface area contributed by atoms with Crippen LogP contribution in [0.25, 0.3) is 0 Å². The van der Waals surface area contributed by atoms with Gasteiger partial charge >= 0.3 is 21.1 Å². The summed E-state index contributed by atoms with van der Waals surface area (Å²) in [4.78, 5) is 0. The molecule has 0 radical (unpaired) electrons. The van der Waals surface area contributed by atoms with Gasteiger partial charge in [0.2, 0.25) is 0 Å². The second kappa shape index (κ2) is 94.3. The molecule has 0 heterocycles. The molecular formula is C68H136MoN4OS9. The average molecular weight is 1410 g/mol. The molecule has 4 N–H and O–H groups in total. The summed E-state index contributed by atoms with van der Waals surface area (Å²) in [5.41, 5.74) is 0. The zero-order valence-corrected chi connectivity index (χ0v) is 64.3. The molecule has 0 bridgehead atoms. The Morgan fingerprint density at radius 2 is 0.289 bits per heavy atom. The number of rotatable bonds is 60. The van der Waals surface area contributed by atoms with Gasteiger partial charge in [-0.1, -0.05) is 379 Å². The third kappa shape index (κ3) is 115. The molecule has 0 rings (SSSR count). The zero-order chi connectivity index (χ0) is 61.6. The summed E-state index contributed by atoms with van der Waals surface area (Å²) >= 11 is 41.2. The van der Waals surface area contributed by atoms with Gasteiger partial charge in [0.05, 0.1) is 0 Å². The number of unbranched alkanes of at least 4 members (excludes halogenated alkanes) is 52. The van der Waals surface area contributed by atoms with Crippen molar-refractivity contribution in [3.05, 3.63) is 0 Å². The first kappa shape index (κ1) is 95.3. The van der Waals surface area contributed by atoms with Gasteiger partial charge in [0, 0.05) is 26.2 Å². The molecule has 0 amide bonds. The first-order valence-electron chi connectivity index (χ1n) is 35.0. The summed E-state index contributed by atoms with van der Waals surface area (Å²) in [6.07, 6.45) is 78.5. The van der Waals surface area contributed by atoms with Crippen LogP contribution in [0.5, 0.6) is 0 Å². The molecule has 0 aliphatic carbocycles. The van der Waals surface area contributed by atoms with Gasteiger partial charge in [-0.25, -0.2) is 0 Å². The SMILES string of the molecule is CCCCCCCCCCCCCCCCNC(=S)[S-].CCCCCCCCCCCCCCCCNC(=S)[S-].CCCCCCCCCCCCCCCCNC(=S)[S-].CCCCCCCCCCCCCCCCNC(=S)[S-].O=S.[Mo+4]. The Bertz CT molecular complexity index is 1040. The van der Waals surface area contributed by atoms with E-state index in [4.69, 9.17) is 104 Å². The second-order valence-corrected chi connectivity index (χ2v) is 27.5. The Morgan fingerprint density at radius 3 is 0.373 bits per heavy atom. The number of thiocarbonyl (C=S) groups is 4. The Balaban J connectivity index is -0.000000235. The van der Waals surface area contributed by atoms with Crippen LogP contribution in [0.15, 0.2) is 0 Å². The minimum atomic E-state index is 0. The van der Waals surface area contributed by atoms with Gasteiger partial charge in [0.1, 0.15) is 0 Å². The summed E-state index contributed by atoms with van der Waals surface area (Å²) in [7, 11) is 0. The van der Waals surface area contributed by atoms with E-state index in [0.29, 0.717) is 17.3 Å². The van der Waals surface area contributed by atoms with Crippen molar-refractivity contribution in [1.29, 1.82) is 0 Å². The van der Waals surface area contributed by atoms with Crippen LogP contribution in [-0.4, -0.2) is 47.7 Å². The second-order valence-electron chi connectivity index (χ2n) is 23.2. The molecule has 0 atom stereocenters. The Morgan fingerprint density at radius 1 is 0.205 bits per heavy atom. The summed E-state index contributed by atoms with van der Waals surface area (Å²) in [6.45, 7) is 13.0. The van der Waals surface area contributed by atoms with Gasteiger partial charge in [-0.05, 0) is 25.7 Å². The molecule has 5 nitrogen and oxygen atoms in total. The first-order chi connectivity index (χ1) is 40.1. The van der Waals surface area contributed by atoms with E-state index in [1.165, 1.54) is 360 Å². The first-order valence-corrected chi connectivity index (χ1v) is 38.6. The van der Waals surface area contributed by atoms with E-state index in [1.807, 2.05) is 0 Å². The van der Waals surface area contributed by atoms with Crippen molar-refractivity contribution in [2.45, 2.75) is 387 Å². The minimum absolute atomic E-state index is 0. The van der Waals surface area contributed by atoms with E-state index >= 15 is 0 Å². The normalized spacial score (nSPS) is 10.3. The van der Waals surface area contributed by atoms with Crippen molar-refractivity contribution in [3.8, 4) is 0 Å². The molecule has 0 saturated carbocycles. The van der Waals surface area contributed by atoms with E-state index in [9.17, 15) is 0 Å². The summed E-state index contributed by atoms with van der Waals surface area (Å²) < 4.78 is 9.89. The third-order valence-corrected chi connectivity index (χ3v) is 16.4. The van der Waals surface area contributed by atoms with Gasteiger partial charge < -0.3 is 121 Å². The molecule has 83 heavy (non-hydrogen) atoms. The van der Waals surface area contributed by atoms with Crippen molar-refractivity contribution in [1.82, 2.24) is 21.3 Å². The molecule has 0 fully saturated rings. The maximum absolute atomic E-state index is 7.83. The molecule has 0 saturated heterocycles. The molecule has 494 valence electrons. The predicted octanol–water partition coefficient (Wildman–Crippen LogP) is 23.2. The van der Waals surface area contributed by atoms with Crippen LogP contribution < -0.4 is 21.3 Å². The van der Waals surface area contributed by atoms with Gasteiger partial charge in [-0.15, -0.1) is 0 Å². The summed E-state index contributed by atoms with van der Waals surface area (Å²) in [5, 5.41) is 12.1. The largest absolute Gasteiger partial charge is 4.00 e. The third-order valence-electron chi connectivity index (χ3n) is 15.2. The monoisotopic (exact) mass is 1410 g/mol. The van der Waals surface area contributed by atoms with Crippen molar-refractivity contribution in [2.75, 3.05) is 26.2 Å². The molecule has 0 unspecified atom stereocenters. The average Bonchev–Trinajstić information content (AvgIpc) is 3.45.